The lowest BCUT2D eigenvalue weighted by Crippen LogP contribution is -2.37. The van der Waals surface area contributed by atoms with Gasteiger partial charge in [0.05, 0.1) is 10.1 Å². The summed E-state index contributed by atoms with van der Waals surface area (Å²) in [7, 11) is -3.26. The minimum Gasteiger partial charge on any atom is -0.223 e. The van der Waals surface area contributed by atoms with E-state index in [0.717, 1.165) is 6.42 Å². The van der Waals surface area contributed by atoms with Crippen LogP contribution in [0.5, 0.6) is 0 Å². The van der Waals surface area contributed by atoms with Crippen LogP contribution in [-0.4, -0.2) is 13.7 Å². The average molecular weight is 314 g/mol. The second-order valence-corrected chi connectivity index (χ2v) is 9.23. The van der Waals surface area contributed by atoms with Crippen molar-refractivity contribution in [3.63, 3.8) is 0 Å². The first-order chi connectivity index (χ1) is 10.5. The Kier molecular flexibility index (Phi) is 3.12. The van der Waals surface area contributed by atoms with Crippen molar-refractivity contribution in [2.45, 2.75) is 36.8 Å². The molecule has 0 aliphatic heterocycles. The van der Waals surface area contributed by atoms with E-state index in [1.807, 2.05) is 18.2 Å². The second-order valence-electron chi connectivity index (χ2n) is 7.07. The smallest absolute Gasteiger partial charge is 0.181 e. The molecule has 0 N–H and O–H groups in total. The van der Waals surface area contributed by atoms with Crippen LogP contribution in [0.15, 0.2) is 58.5 Å². The van der Waals surface area contributed by atoms with Crippen molar-refractivity contribution in [1.82, 2.24) is 0 Å². The van der Waals surface area contributed by atoms with Crippen LogP contribution in [0.25, 0.3) is 0 Å². The van der Waals surface area contributed by atoms with Gasteiger partial charge in [-0.15, -0.1) is 0 Å². The van der Waals surface area contributed by atoms with Crippen LogP contribution < -0.4 is 0 Å². The van der Waals surface area contributed by atoms with Crippen molar-refractivity contribution in [1.29, 1.82) is 0 Å². The monoisotopic (exact) mass is 314 g/mol. The lowest BCUT2D eigenvalue weighted by atomic mass is 9.73. The Morgan fingerprint density at radius 1 is 0.909 bits per heavy atom. The molecule has 1 aromatic rings. The van der Waals surface area contributed by atoms with Gasteiger partial charge in [0.15, 0.2) is 9.84 Å². The number of hydrogen-bond donors (Lipinski definition) is 0. The molecule has 3 heteroatoms. The summed E-state index contributed by atoms with van der Waals surface area (Å²) in [6, 6.07) is 8.96. The summed E-state index contributed by atoms with van der Waals surface area (Å²) in [4.78, 5) is 0.474. The predicted molar refractivity (Wildman–Crippen MR) is 88.1 cm³/mol. The van der Waals surface area contributed by atoms with Gasteiger partial charge in [-0.2, -0.15) is 0 Å². The van der Waals surface area contributed by atoms with E-state index in [-0.39, 0.29) is 11.2 Å². The molecule has 3 aliphatic carbocycles. The number of sulfone groups is 1. The third-order valence-corrected chi connectivity index (χ3v) is 8.18. The molecule has 0 saturated carbocycles. The van der Waals surface area contributed by atoms with Gasteiger partial charge in [-0.1, -0.05) is 55.3 Å². The van der Waals surface area contributed by atoms with E-state index in [0.29, 0.717) is 22.6 Å². The summed E-state index contributed by atoms with van der Waals surface area (Å²) in [6.45, 7) is 4.34. The molecule has 4 rings (SSSR count). The first-order valence-electron chi connectivity index (χ1n) is 8.21. The molecule has 116 valence electrons. The molecule has 2 bridgehead atoms. The lowest BCUT2D eigenvalue weighted by Gasteiger charge is -2.37. The SMILES string of the molecule is C[C@@H]1C[C@H](S(=O)(=O)c2ccccc2)[C@@H](C)C2=C1[C@H]1C=C[C@H]2C1. The normalized spacial score (nSPS) is 36.7. The number of allylic oxidation sites excluding steroid dienone is 4. The number of fused-ring (bicyclic) bond motifs is 4. The lowest BCUT2D eigenvalue weighted by molar-refractivity contribution is 0.427. The van der Waals surface area contributed by atoms with E-state index < -0.39 is 9.84 Å². The van der Waals surface area contributed by atoms with Gasteiger partial charge in [0.2, 0.25) is 0 Å². The Hall–Kier alpha value is -1.35. The van der Waals surface area contributed by atoms with E-state index in [4.69, 9.17) is 0 Å². The molecule has 0 spiro atoms. The van der Waals surface area contributed by atoms with Crippen LogP contribution >= 0.6 is 0 Å². The number of hydrogen-bond acceptors (Lipinski definition) is 2. The van der Waals surface area contributed by atoms with Crippen molar-refractivity contribution in [3.8, 4) is 0 Å². The maximum Gasteiger partial charge on any atom is 0.181 e. The zero-order valence-electron chi connectivity index (χ0n) is 13.1. The Morgan fingerprint density at radius 2 is 1.55 bits per heavy atom. The van der Waals surface area contributed by atoms with Crippen LogP contribution in [0.1, 0.15) is 26.7 Å². The highest BCUT2D eigenvalue weighted by atomic mass is 32.2. The summed E-state index contributed by atoms with van der Waals surface area (Å²) < 4.78 is 26.2. The zero-order chi connectivity index (χ0) is 15.5. The second kappa shape index (κ2) is 4.82. The Morgan fingerprint density at radius 3 is 2.23 bits per heavy atom. The standard InChI is InChI=1S/C19H22O2S/c1-12-10-17(22(20,21)16-6-4-3-5-7-16)13(2)19-15-9-8-14(11-15)18(12)19/h3-9,12-15,17H,10-11H2,1-2H3/t12-,13-,14+,15+,17+/m1/s1. The maximum absolute atomic E-state index is 13.1. The van der Waals surface area contributed by atoms with Crippen LogP contribution in [-0.2, 0) is 9.84 Å². The molecule has 0 radical (unpaired) electrons. The van der Waals surface area contributed by atoms with Crippen molar-refractivity contribution < 1.29 is 8.42 Å². The molecule has 3 aliphatic rings. The summed E-state index contributed by atoms with van der Waals surface area (Å²) in [6.07, 6.45) is 6.56. The van der Waals surface area contributed by atoms with Gasteiger partial charge in [0.25, 0.3) is 0 Å². The topological polar surface area (TPSA) is 34.1 Å². The van der Waals surface area contributed by atoms with Gasteiger partial charge < -0.3 is 0 Å². The van der Waals surface area contributed by atoms with Gasteiger partial charge in [-0.05, 0) is 48.6 Å². The van der Waals surface area contributed by atoms with Gasteiger partial charge in [0.1, 0.15) is 0 Å². The maximum atomic E-state index is 13.1. The first-order valence-corrected chi connectivity index (χ1v) is 9.76. The quantitative estimate of drug-likeness (QED) is 0.773. The average Bonchev–Trinajstić information content (AvgIpc) is 3.13. The van der Waals surface area contributed by atoms with Crippen molar-refractivity contribution in [2.24, 2.45) is 23.7 Å². The third kappa shape index (κ3) is 1.88. The minimum atomic E-state index is -3.26. The molecule has 0 amide bonds. The highest BCUT2D eigenvalue weighted by Crippen LogP contribution is 2.55. The molecule has 0 unspecified atom stereocenters. The number of rotatable bonds is 2. The molecular formula is C19H22O2S. The fourth-order valence-corrected chi connectivity index (χ4v) is 7.01. The van der Waals surface area contributed by atoms with E-state index in [1.165, 1.54) is 12.0 Å². The Bertz CT molecular complexity index is 758. The van der Waals surface area contributed by atoms with Crippen LogP contribution in [0.2, 0.25) is 0 Å². The van der Waals surface area contributed by atoms with Crippen molar-refractivity contribution in [2.75, 3.05) is 0 Å². The minimum absolute atomic E-state index is 0.136. The molecule has 1 aromatic carbocycles. The molecule has 5 atom stereocenters. The first kappa shape index (κ1) is 14.3. The third-order valence-electron chi connectivity index (χ3n) is 5.85. The molecule has 0 fully saturated rings. The van der Waals surface area contributed by atoms with Crippen molar-refractivity contribution in [3.05, 3.63) is 53.6 Å². The van der Waals surface area contributed by atoms with Gasteiger partial charge in [-0.3, -0.25) is 0 Å². The number of benzene rings is 1. The van der Waals surface area contributed by atoms with Gasteiger partial charge in [0, 0.05) is 0 Å². The van der Waals surface area contributed by atoms with E-state index >= 15 is 0 Å². The van der Waals surface area contributed by atoms with Crippen LogP contribution in [0.3, 0.4) is 0 Å². The molecule has 0 heterocycles. The Labute approximate surface area is 132 Å². The van der Waals surface area contributed by atoms with Gasteiger partial charge >= 0.3 is 0 Å². The predicted octanol–water partition coefficient (Wildman–Crippen LogP) is 4.01. The molecule has 22 heavy (non-hydrogen) atoms. The van der Waals surface area contributed by atoms with Crippen molar-refractivity contribution >= 4 is 9.84 Å². The highest BCUT2D eigenvalue weighted by Gasteiger charge is 2.48. The summed E-state index contributed by atoms with van der Waals surface area (Å²) in [5.74, 6) is 1.59. The molecule has 0 aromatic heterocycles. The highest BCUT2D eigenvalue weighted by molar-refractivity contribution is 7.92. The summed E-state index contributed by atoms with van der Waals surface area (Å²) in [5.41, 5.74) is 3.00. The van der Waals surface area contributed by atoms with E-state index in [9.17, 15) is 8.42 Å². The Balaban J connectivity index is 1.75. The van der Waals surface area contributed by atoms with Crippen LogP contribution in [0, 0.1) is 23.7 Å². The van der Waals surface area contributed by atoms with E-state index in [2.05, 4.69) is 26.0 Å². The van der Waals surface area contributed by atoms with Crippen LogP contribution in [0.4, 0.5) is 0 Å². The fraction of sp³-hybridized carbons (Fsp3) is 0.474. The fourth-order valence-electron chi connectivity index (χ4n) is 4.90. The summed E-state index contributed by atoms with van der Waals surface area (Å²) in [5, 5.41) is -0.281. The molecular weight excluding hydrogens is 292 g/mol. The zero-order valence-corrected chi connectivity index (χ0v) is 13.9. The molecule has 0 saturated heterocycles. The van der Waals surface area contributed by atoms with E-state index in [1.54, 1.807) is 17.7 Å². The van der Waals surface area contributed by atoms with Gasteiger partial charge in [-0.25, -0.2) is 8.42 Å². The molecule has 2 nitrogen and oxygen atoms in total. The largest absolute Gasteiger partial charge is 0.223 e. The summed E-state index contributed by atoms with van der Waals surface area (Å²) >= 11 is 0.